The zero-order valence-corrected chi connectivity index (χ0v) is 9.82. The largest absolute Gasteiger partial charge is 0.389 e. The lowest BCUT2D eigenvalue weighted by atomic mass is 9.98. The van der Waals surface area contributed by atoms with Crippen LogP contribution in [0.1, 0.15) is 26.7 Å². The van der Waals surface area contributed by atoms with Gasteiger partial charge in [-0.3, -0.25) is 4.79 Å². The van der Waals surface area contributed by atoms with Crippen LogP contribution < -0.4 is 0 Å². The highest BCUT2D eigenvalue weighted by Crippen LogP contribution is 2.18. The van der Waals surface area contributed by atoms with Gasteiger partial charge in [-0.15, -0.1) is 0 Å². The molecular weight excluding hydrogens is 194 g/mol. The van der Waals surface area contributed by atoms with E-state index in [0.29, 0.717) is 19.8 Å². The highest BCUT2D eigenvalue weighted by molar-refractivity contribution is 5.78. The number of carbonyl (C=O) groups is 1. The van der Waals surface area contributed by atoms with Gasteiger partial charge in [0.1, 0.15) is 0 Å². The molecule has 4 heteroatoms. The van der Waals surface area contributed by atoms with Gasteiger partial charge in [-0.05, 0) is 26.7 Å². The summed E-state index contributed by atoms with van der Waals surface area (Å²) in [5, 5.41) is 9.62. The van der Waals surface area contributed by atoms with E-state index in [1.807, 2.05) is 0 Å². The molecule has 1 saturated heterocycles. The number of hydrogen-bond acceptors (Lipinski definition) is 3. The number of rotatable bonds is 3. The van der Waals surface area contributed by atoms with Crippen LogP contribution in [0.25, 0.3) is 0 Å². The molecule has 0 bridgehead atoms. The molecule has 0 atom stereocenters. The van der Waals surface area contributed by atoms with Gasteiger partial charge in [-0.1, -0.05) is 0 Å². The van der Waals surface area contributed by atoms with E-state index in [-0.39, 0.29) is 11.8 Å². The molecule has 1 heterocycles. The number of amides is 1. The number of ether oxygens (including phenoxy) is 1. The molecule has 0 saturated carbocycles. The van der Waals surface area contributed by atoms with Crippen molar-refractivity contribution in [3.8, 4) is 0 Å². The van der Waals surface area contributed by atoms with E-state index in [9.17, 15) is 9.90 Å². The van der Waals surface area contributed by atoms with Crippen LogP contribution in [0.5, 0.6) is 0 Å². The third-order valence-electron chi connectivity index (χ3n) is 2.57. The molecule has 1 rings (SSSR count). The molecule has 0 aromatic carbocycles. The first-order valence-corrected chi connectivity index (χ1v) is 5.45. The maximum atomic E-state index is 11.9. The number of aliphatic hydroxyl groups is 1. The molecule has 0 radical (unpaired) electrons. The second kappa shape index (κ2) is 4.94. The second-order valence-electron chi connectivity index (χ2n) is 4.89. The highest BCUT2D eigenvalue weighted by atomic mass is 16.5. The Hall–Kier alpha value is -0.610. The Morgan fingerprint density at radius 3 is 2.47 bits per heavy atom. The Bertz CT molecular complexity index is 216. The van der Waals surface area contributed by atoms with E-state index in [1.54, 1.807) is 25.8 Å². The molecule has 0 aromatic heterocycles. The molecule has 1 aliphatic rings. The molecule has 4 nitrogen and oxygen atoms in total. The molecule has 1 fully saturated rings. The van der Waals surface area contributed by atoms with E-state index in [1.165, 1.54) is 0 Å². The summed E-state index contributed by atoms with van der Waals surface area (Å²) in [5.74, 6) is 0.200. The molecular formula is C11H21NO3. The zero-order valence-electron chi connectivity index (χ0n) is 9.82. The fourth-order valence-electron chi connectivity index (χ4n) is 1.91. The first kappa shape index (κ1) is 12.5. The highest BCUT2D eigenvalue weighted by Gasteiger charge is 2.27. The van der Waals surface area contributed by atoms with Gasteiger partial charge in [0.15, 0.2) is 0 Å². The van der Waals surface area contributed by atoms with Gasteiger partial charge in [0.2, 0.25) is 5.91 Å². The van der Waals surface area contributed by atoms with Crippen molar-refractivity contribution >= 4 is 5.91 Å². The first-order valence-electron chi connectivity index (χ1n) is 5.45. The zero-order chi connectivity index (χ0) is 11.5. The Morgan fingerprint density at radius 2 is 2.00 bits per heavy atom. The molecule has 88 valence electrons. The molecule has 0 aromatic rings. The standard InChI is InChI=1S/C11H21NO3/c1-11(2,14)8-12(3)10(13)9-4-6-15-7-5-9/h9,14H,4-8H2,1-3H3. The SMILES string of the molecule is CN(CC(C)(C)O)C(=O)C1CCOCC1. The molecule has 15 heavy (non-hydrogen) atoms. The van der Waals surface area contributed by atoms with Gasteiger partial charge in [-0.2, -0.15) is 0 Å². The van der Waals surface area contributed by atoms with Gasteiger partial charge in [0, 0.05) is 32.7 Å². The molecule has 0 aliphatic carbocycles. The van der Waals surface area contributed by atoms with Crippen LogP contribution in [0, 0.1) is 5.92 Å². The Labute approximate surface area is 91.2 Å². The van der Waals surface area contributed by atoms with Crippen molar-refractivity contribution in [1.82, 2.24) is 4.90 Å². The lowest BCUT2D eigenvalue weighted by Crippen LogP contribution is -2.43. The van der Waals surface area contributed by atoms with Crippen molar-refractivity contribution in [2.75, 3.05) is 26.8 Å². The minimum absolute atomic E-state index is 0.0751. The minimum Gasteiger partial charge on any atom is -0.389 e. The number of carbonyl (C=O) groups excluding carboxylic acids is 1. The van der Waals surface area contributed by atoms with Gasteiger partial charge >= 0.3 is 0 Å². The Morgan fingerprint density at radius 1 is 1.47 bits per heavy atom. The summed E-state index contributed by atoms with van der Waals surface area (Å²) in [6.07, 6.45) is 1.60. The van der Waals surface area contributed by atoms with Crippen molar-refractivity contribution < 1.29 is 14.6 Å². The fraction of sp³-hybridized carbons (Fsp3) is 0.909. The van der Waals surface area contributed by atoms with Crippen LogP contribution in [0.15, 0.2) is 0 Å². The van der Waals surface area contributed by atoms with Gasteiger partial charge in [-0.25, -0.2) is 0 Å². The summed E-state index contributed by atoms with van der Waals surface area (Å²) in [7, 11) is 1.75. The second-order valence-corrected chi connectivity index (χ2v) is 4.89. The third kappa shape index (κ3) is 4.18. The predicted molar refractivity (Wildman–Crippen MR) is 57.5 cm³/mol. The third-order valence-corrected chi connectivity index (χ3v) is 2.57. The smallest absolute Gasteiger partial charge is 0.225 e. The van der Waals surface area contributed by atoms with Crippen LogP contribution in [0.2, 0.25) is 0 Å². The Kier molecular flexibility index (Phi) is 4.11. The molecule has 0 unspecified atom stereocenters. The van der Waals surface area contributed by atoms with Crippen LogP contribution >= 0.6 is 0 Å². The number of nitrogens with zero attached hydrogens (tertiary/aromatic N) is 1. The van der Waals surface area contributed by atoms with Crippen molar-refractivity contribution in [3.63, 3.8) is 0 Å². The topological polar surface area (TPSA) is 49.8 Å². The van der Waals surface area contributed by atoms with Crippen LogP contribution in [0.3, 0.4) is 0 Å². The van der Waals surface area contributed by atoms with Crippen LogP contribution in [0.4, 0.5) is 0 Å². The van der Waals surface area contributed by atoms with Gasteiger partial charge < -0.3 is 14.7 Å². The summed E-state index contributed by atoms with van der Waals surface area (Å²) in [6, 6.07) is 0. The van der Waals surface area contributed by atoms with E-state index in [2.05, 4.69) is 0 Å². The molecule has 1 aliphatic heterocycles. The summed E-state index contributed by atoms with van der Waals surface area (Å²) < 4.78 is 5.21. The van der Waals surface area contributed by atoms with Crippen molar-refractivity contribution in [2.45, 2.75) is 32.3 Å². The summed E-state index contributed by atoms with van der Waals surface area (Å²) in [5.41, 5.74) is -0.824. The van der Waals surface area contributed by atoms with E-state index in [0.717, 1.165) is 12.8 Å². The average molecular weight is 215 g/mol. The molecule has 0 spiro atoms. The normalized spacial score (nSPS) is 18.9. The minimum atomic E-state index is -0.824. The van der Waals surface area contributed by atoms with E-state index < -0.39 is 5.60 Å². The van der Waals surface area contributed by atoms with Gasteiger partial charge in [0.25, 0.3) is 0 Å². The number of hydrogen-bond donors (Lipinski definition) is 1. The van der Waals surface area contributed by atoms with Crippen molar-refractivity contribution in [2.24, 2.45) is 5.92 Å². The lowest BCUT2D eigenvalue weighted by molar-refractivity contribution is -0.139. The summed E-state index contributed by atoms with van der Waals surface area (Å²) >= 11 is 0. The maximum Gasteiger partial charge on any atom is 0.225 e. The quantitative estimate of drug-likeness (QED) is 0.751. The van der Waals surface area contributed by atoms with Gasteiger partial charge in [0.05, 0.1) is 5.60 Å². The van der Waals surface area contributed by atoms with Crippen LogP contribution in [-0.2, 0) is 9.53 Å². The van der Waals surface area contributed by atoms with E-state index >= 15 is 0 Å². The Balaban J connectivity index is 2.44. The van der Waals surface area contributed by atoms with Crippen LogP contribution in [-0.4, -0.2) is 48.3 Å². The molecule has 1 amide bonds. The first-order chi connectivity index (χ1) is 6.90. The predicted octanol–water partition coefficient (Wildman–Crippen LogP) is 0.642. The molecule has 1 N–H and O–H groups in total. The summed E-state index contributed by atoms with van der Waals surface area (Å²) in [6.45, 7) is 5.14. The van der Waals surface area contributed by atoms with Crippen molar-refractivity contribution in [1.29, 1.82) is 0 Å². The fourth-order valence-corrected chi connectivity index (χ4v) is 1.91. The monoisotopic (exact) mass is 215 g/mol. The average Bonchev–Trinajstić information content (AvgIpc) is 2.15. The summed E-state index contributed by atoms with van der Waals surface area (Å²) in [4.78, 5) is 13.6. The maximum absolute atomic E-state index is 11.9. The van der Waals surface area contributed by atoms with Crippen molar-refractivity contribution in [3.05, 3.63) is 0 Å². The lowest BCUT2D eigenvalue weighted by Gasteiger charge is -2.30. The van der Waals surface area contributed by atoms with E-state index in [4.69, 9.17) is 4.74 Å². The number of likely N-dealkylation sites (N-methyl/N-ethyl adjacent to an activating group) is 1.